The highest BCUT2D eigenvalue weighted by atomic mass is 79.9. The van der Waals surface area contributed by atoms with Gasteiger partial charge in [-0.05, 0) is 41.9 Å². The van der Waals surface area contributed by atoms with Crippen molar-refractivity contribution in [1.29, 1.82) is 0 Å². The lowest BCUT2D eigenvalue weighted by molar-refractivity contribution is 0.820. The first-order valence-corrected chi connectivity index (χ1v) is 5.72. The van der Waals surface area contributed by atoms with E-state index in [0.29, 0.717) is 10.9 Å². The van der Waals surface area contributed by atoms with Crippen LogP contribution in [0.15, 0.2) is 27.7 Å². The van der Waals surface area contributed by atoms with E-state index in [1.165, 1.54) is 0 Å². The molecule has 1 aromatic rings. The molecule has 0 atom stereocenters. The van der Waals surface area contributed by atoms with Gasteiger partial charge in [0.25, 0.3) is 0 Å². The molecule has 3 N–H and O–H groups in total. The number of amidine groups is 1. The Bertz CT molecular complexity index is 377. The third-order valence-electron chi connectivity index (χ3n) is 1.73. The summed E-state index contributed by atoms with van der Waals surface area (Å²) in [6.07, 6.45) is 0. The van der Waals surface area contributed by atoms with Crippen molar-refractivity contribution in [3.8, 4) is 0 Å². The van der Waals surface area contributed by atoms with Crippen molar-refractivity contribution >= 4 is 33.4 Å². The van der Waals surface area contributed by atoms with Gasteiger partial charge in [-0.1, -0.05) is 17.7 Å². The summed E-state index contributed by atoms with van der Waals surface area (Å²) in [6.45, 7) is 3.95. The van der Waals surface area contributed by atoms with Crippen LogP contribution in [0.4, 0.5) is 0 Å². The van der Waals surface area contributed by atoms with Crippen LogP contribution in [-0.4, -0.2) is 11.9 Å². The molecular formula is C10H13BrClN3. The van der Waals surface area contributed by atoms with E-state index in [1.807, 2.05) is 32.0 Å². The SMILES string of the molecule is CC(C)N=C(NN)c1cccc(Br)c1Cl. The minimum Gasteiger partial charge on any atom is -0.308 e. The molecule has 0 heterocycles. The molecule has 0 aliphatic carbocycles. The second kappa shape index (κ2) is 5.49. The first kappa shape index (κ1) is 12.5. The highest BCUT2D eigenvalue weighted by Crippen LogP contribution is 2.26. The van der Waals surface area contributed by atoms with Crippen LogP contribution in [0, 0.1) is 0 Å². The molecule has 0 aliphatic rings. The van der Waals surface area contributed by atoms with Crippen LogP contribution in [0.3, 0.4) is 0 Å². The topological polar surface area (TPSA) is 50.4 Å². The first-order valence-electron chi connectivity index (χ1n) is 4.55. The van der Waals surface area contributed by atoms with Gasteiger partial charge in [-0.3, -0.25) is 4.99 Å². The van der Waals surface area contributed by atoms with Crippen LogP contribution in [0.5, 0.6) is 0 Å². The third kappa shape index (κ3) is 3.19. The van der Waals surface area contributed by atoms with Crippen LogP contribution in [-0.2, 0) is 0 Å². The Balaban J connectivity index is 3.19. The molecule has 0 bridgehead atoms. The summed E-state index contributed by atoms with van der Waals surface area (Å²) in [5, 5.41) is 0.606. The maximum atomic E-state index is 6.13. The lowest BCUT2D eigenvalue weighted by Gasteiger charge is -2.10. The highest BCUT2D eigenvalue weighted by Gasteiger charge is 2.09. The van der Waals surface area contributed by atoms with Crippen LogP contribution in [0.1, 0.15) is 19.4 Å². The first-order chi connectivity index (χ1) is 7.06. The van der Waals surface area contributed by atoms with Crippen molar-refractivity contribution in [2.45, 2.75) is 19.9 Å². The van der Waals surface area contributed by atoms with Crippen molar-refractivity contribution in [2.75, 3.05) is 0 Å². The molecule has 0 spiro atoms. The lowest BCUT2D eigenvalue weighted by Crippen LogP contribution is -2.32. The number of nitrogens with two attached hydrogens (primary N) is 1. The van der Waals surface area contributed by atoms with Crippen LogP contribution in [0.2, 0.25) is 5.02 Å². The molecule has 0 aromatic heterocycles. The Morgan fingerprint density at radius 1 is 1.53 bits per heavy atom. The predicted octanol–water partition coefficient (Wildman–Crippen LogP) is 2.72. The zero-order chi connectivity index (χ0) is 11.4. The van der Waals surface area contributed by atoms with E-state index < -0.39 is 0 Å². The zero-order valence-corrected chi connectivity index (χ0v) is 10.9. The quantitative estimate of drug-likeness (QED) is 0.381. The van der Waals surface area contributed by atoms with Crippen LogP contribution >= 0.6 is 27.5 Å². The van der Waals surface area contributed by atoms with Crippen molar-refractivity contribution < 1.29 is 0 Å². The molecule has 3 nitrogen and oxygen atoms in total. The molecule has 15 heavy (non-hydrogen) atoms. The second-order valence-electron chi connectivity index (χ2n) is 3.32. The molecule has 0 saturated heterocycles. The molecule has 0 unspecified atom stereocenters. The number of aliphatic imine (C=N–C) groups is 1. The zero-order valence-electron chi connectivity index (χ0n) is 8.59. The molecule has 1 rings (SSSR count). The fraction of sp³-hybridized carbons (Fsp3) is 0.300. The van der Waals surface area contributed by atoms with Gasteiger partial charge in [0.1, 0.15) is 5.84 Å². The van der Waals surface area contributed by atoms with Crippen molar-refractivity contribution in [2.24, 2.45) is 10.8 Å². The third-order valence-corrected chi connectivity index (χ3v) is 3.03. The van der Waals surface area contributed by atoms with Gasteiger partial charge in [-0.15, -0.1) is 0 Å². The van der Waals surface area contributed by atoms with Crippen LogP contribution < -0.4 is 11.3 Å². The largest absolute Gasteiger partial charge is 0.308 e. The maximum Gasteiger partial charge on any atom is 0.144 e. The van der Waals surface area contributed by atoms with E-state index in [0.717, 1.165) is 10.0 Å². The summed E-state index contributed by atoms with van der Waals surface area (Å²) in [4.78, 5) is 4.34. The Morgan fingerprint density at radius 2 is 2.20 bits per heavy atom. The van der Waals surface area contributed by atoms with Gasteiger partial charge in [-0.2, -0.15) is 0 Å². The number of benzene rings is 1. The summed E-state index contributed by atoms with van der Waals surface area (Å²) in [6, 6.07) is 5.79. The summed E-state index contributed by atoms with van der Waals surface area (Å²) in [5.41, 5.74) is 3.36. The van der Waals surface area contributed by atoms with E-state index in [4.69, 9.17) is 17.4 Å². The number of rotatable bonds is 2. The minimum absolute atomic E-state index is 0.158. The number of hydrogen-bond acceptors (Lipinski definition) is 2. The molecule has 5 heteroatoms. The molecule has 0 aliphatic heterocycles. The molecule has 0 radical (unpaired) electrons. The standard InChI is InChI=1S/C10H13BrClN3/c1-6(2)14-10(15-13)7-4-3-5-8(11)9(7)12/h3-6H,13H2,1-2H3,(H,14,15). The molecule has 0 fully saturated rings. The maximum absolute atomic E-state index is 6.13. The van der Waals surface area contributed by atoms with E-state index in [1.54, 1.807) is 0 Å². The van der Waals surface area contributed by atoms with Gasteiger partial charge in [0, 0.05) is 16.1 Å². The van der Waals surface area contributed by atoms with E-state index in [9.17, 15) is 0 Å². The highest BCUT2D eigenvalue weighted by molar-refractivity contribution is 9.10. The summed E-state index contributed by atoms with van der Waals surface area (Å²) >= 11 is 9.48. The van der Waals surface area contributed by atoms with Gasteiger partial charge in [0.05, 0.1) is 5.02 Å². The van der Waals surface area contributed by atoms with Crippen molar-refractivity contribution in [3.05, 3.63) is 33.3 Å². The molecular weight excluding hydrogens is 277 g/mol. The number of halogens is 2. The van der Waals surface area contributed by atoms with Gasteiger partial charge >= 0.3 is 0 Å². The lowest BCUT2D eigenvalue weighted by atomic mass is 10.2. The molecule has 0 saturated carbocycles. The average molecular weight is 291 g/mol. The molecule has 82 valence electrons. The summed E-state index contributed by atoms with van der Waals surface area (Å²) in [5.74, 6) is 6.01. The van der Waals surface area contributed by atoms with Gasteiger partial charge in [0.15, 0.2) is 0 Å². The van der Waals surface area contributed by atoms with Crippen molar-refractivity contribution in [3.63, 3.8) is 0 Å². The fourth-order valence-electron chi connectivity index (χ4n) is 1.13. The molecule has 0 amide bonds. The summed E-state index contributed by atoms with van der Waals surface area (Å²) in [7, 11) is 0. The Morgan fingerprint density at radius 3 is 2.73 bits per heavy atom. The number of hydrogen-bond donors (Lipinski definition) is 2. The normalized spacial score (nSPS) is 12.0. The van der Waals surface area contributed by atoms with E-state index in [-0.39, 0.29) is 6.04 Å². The Hall–Kier alpha value is -0.580. The average Bonchev–Trinajstić information content (AvgIpc) is 2.19. The fourth-order valence-corrected chi connectivity index (χ4v) is 1.71. The second-order valence-corrected chi connectivity index (χ2v) is 4.55. The summed E-state index contributed by atoms with van der Waals surface area (Å²) < 4.78 is 0.827. The Kier molecular flexibility index (Phi) is 4.57. The van der Waals surface area contributed by atoms with Gasteiger partial charge < -0.3 is 5.43 Å². The molecule has 1 aromatic carbocycles. The van der Waals surface area contributed by atoms with Crippen molar-refractivity contribution in [1.82, 2.24) is 5.43 Å². The van der Waals surface area contributed by atoms with Crippen LogP contribution in [0.25, 0.3) is 0 Å². The predicted molar refractivity (Wildman–Crippen MR) is 68.1 cm³/mol. The van der Waals surface area contributed by atoms with Gasteiger partial charge in [-0.25, -0.2) is 5.84 Å². The smallest absolute Gasteiger partial charge is 0.144 e. The minimum atomic E-state index is 0.158. The number of nitrogens with one attached hydrogen (secondary N) is 1. The van der Waals surface area contributed by atoms with E-state index in [2.05, 4.69) is 26.3 Å². The number of hydrazine groups is 1. The van der Waals surface area contributed by atoms with Gasteiger partial charge in [0.2, 0.25) is 0 Å². The Labute approximate surface area is 103 Å². The number of nitrogens with zero attached hydrogens (tertiary/aromatic N) is 1. The monoisotopic (exact) mass is 289 g/mol. The van der Waals surface area contributed by atoms with E-state index >= 15 is 0 Å².